The quantitative estimate of drug-likeness (QED) is 0.622. The summed E-state index contributed by atoms with van der Waals surface area (Å²) >= 11 is 1.73. The third-order valence-corrected chi connectivity index (χ3v) is 5.64. The van der Waals surface area contributed by atoms with Gasteiger partial charge in [-0.05, 0) is 65.1 Å². The number of thiophene rings is 1. The van der Waals surface area contributed by atoms with Gasteiger partial charge >= 0.3 is 0 Å². The number of piperidine rings is 1. The van der Waals surface area contributed by atoms with Crippen LogP contribution in [0, 0.1) is 0 Å². The highest BCUT2D eigenvalue weighted by atomic mass is 32.1. The highest BCUT2D eigenvalue weighted by molar-refractivity contribution is 7.08. The van der Waals surface area contributed by atoms with Crippen molar-refractivity contribution in [2.75, 3.05) is 19.6 Å². The third-order valence-electron chi connectivity index (χ3n) is 4.96. The smallest absolute Gasteiger partial charge is 0.119 e. The molecule has 4 heteroatoms. The molecule has 26 heavy (non-hydrogen) atoms. The number of likely N-dealkylation sites (tertiary alicyclic amines) is 1. The van der Waals surface area contributed by atoms with Gasteiger partial charge in [-0.2, -0.15) is 11.3 Å². The summed E-state index contributed by atoms with van der Waals surface area (Å²) in [6.45, 7) is 3.29. The second-order valence-electron chi connectivity index (χ2n) is 6.77. The minimum absolute atomic E-state index is 0.327. The van der Waals surface area contributed by atoms with E-state index in [1.807, 2.05) is 12.3 Å². The molecule has 0 aliphatic carbocycles. The van der Waals surface area contributed by atoms with Gasteiger partial charge in [-0.15, -0.1) is 0 Å². The van der Waals surface area contributed by atoms with Crippen LogP contribution < -0.4 is 4.74 Å². The number of benzene rings is 1. The van der Waals surface area contributed by atoms with E-state index in [1.54, 1.807) is 11.3 Å². The highest BCUT2D eigenvalue weighted by Crippen LogP contribution is 2.26. The van der Waals surface area contributed by atoms with Gasteiger partial charge in [0.05, 0.1) is 0 Å². The van der Waals surface area contributed by atoms with Crippen molar-refractivity contribution in [3.8, 4) is 16.9 Å². The molecular weight excluding hydrogens is 340 g/mol. The largest absolute Gasteiger partial charge is 0.490 e. The summed E-state index contributed by atoms with van der Waals surface area (Å²) in [6, 6.07) is 16.8. The molecule has 0 saturated carbocycles. The predicted molar refractivity (Wildman–Crippen MR) is 108 cm³/mol. The molecule has 0 atom stereocenters. The summed E-state index contributed by atoms with van der Waals surface area (Å²) in [7, 11) is 0. The Bertz CT molecular complexity index is 779. The third kappa shape index (κ3) is 4.51. The van der Waals surface area contributed by atoms with Gasteiger partial charge in [-0.3, -0.25) is 4.98 Å². The van der Waals surface area contributed by atoms with Crippen molar-refractivity contribution in [2.24, 2.45) is 0 Å². The van der Waals surface area contributed by atoms with Gasteiger partial charge in [0.15, 0.2) is 0 Å². The highest BCUT2D eigenvalue weighted by Gasteiger charge is 2.20. The summed E-state index contributed by atoms with van der Waals surface area (Å²) in [5.74, 6) is 0.982. The first-order chi connectivity index (χ1) is 12.9. The van der Waals surface area contributed by atoms with Crippen LogP contribution in [0.3, 0.4) is 0 Å². The Morgan fingerprint density at radius 2 is 1.85 bits per heavy atom. The van der Waals surface area contributed by atoms with Crippen molar-refractivity contribution >= 4 is 11.3 Å². The van der Waals surface area contributed by atoms with Crippen molar-refractivity contribution < 1.29 is 4.74 Å². The molecule has 0 unspecified atom stereocenters. The van der Waals surface area contributed by atoms with Gasteiger partial charge in [0.1, 0.15) is 11.9 Å². The summed E-state index contributed by atoms with van der Waals surface area (Å²) in [5, 5.41) is 4.29. The van der Waals surface area contributed by atoms with Gasteiger partial charge in [0, 0.05) is 37.9 Å². The molecule has 1 aromatic carbocycles. The van der Waals surface area contributed by atoms with E-state index in [4.69, 9.17) is 4.74 Å². The Morgan fingerprint density at radius 1 is 1.00 bits per heavy atom. The first-order valence-electron chi connectivity index (χ1n) is 9.28. The maximum atomic E-state index is 6.20. The van der Waals surface area contributed by atoms with Crippen LogP contribution in [0.4, 0.5) is 0 Å². The predicted octanol–water partition coefficient (Wildman–Crippen LogP) is 4.90. The Morgan fingerprint density at radius 3 is 2.54 bits per heavy atom. The Kier molecular flexibility index (Phi) is 5.62. The first kappa shape index (κ1) is 17.3. The molecule has 0 spiro atoms. The fourth-order valence-electron chi connectivity index (χ4n) is 3.42. The van der Waals surface area contributed by atoms with E-state index < -0.39 is 0 Å². The number of pyridine rings is 1. The lowest BCUT2D eigenvalue weighted by molar-refractivity contribution is 0.101. The number of aromatic nitrogens is 1. The lowest BCUT2D eigenvalue weighted by Gasteiger charge is -2.32. The summed E-state index contributed by atoms with van der Waals surface area (Å²) in [4.78, 5) is 6.93. The van der Waals surface area contributed by atoms with Gasteiger partial charge in [-0.25, -0.2) is 0 Å². The molecule has 2 aromatic heterocycles. The minimum Gasteiger partial charge on any atom is -0.490 e. The lowest BCUT2D eigenvalue weighted by Crippen LogP contribution is -2.39. The molecule has 1 aliphatic rings. The van der Waals surface area contributed by atoms with Crippen LogP contribution in [0.1, 0.15) is 18.5 Å². The monoisotopic (exact) mass is 364 g/mol. The zero-order valence-corrected chi connectivity index (χ0v) is 15.7. The summed E-state index contributed by atoms with van der Waals surface area (Å²) in [6.07, 6.45) is 5.41. The van der Waals surface area contributed by atoms with Gasteiger partial charge in [0.25, 0.3) is 0 Å². The Hall–Kier alpha value is -2.17. The molecule has 1 fully saturated rings. The van der Waals surface area contributed by atoms with E-state index in [0.717, 1.165) is 44.6 Å². The minimum atomic E-state index is 0.327. The van der Waals surface area contributed by atoms with Crippen molar-refractivity contribution in [3.05, 3.63) is 71.2 Å². The Balaban J connectivity index is 1.23. The first-order valence-corrected chi connectivity index (χ1v) is 10.2. The van der Waals surface area contributed by atoms with Gasteiger partial charge in [0.2, 0.25) is 0 Å². The molecule has 1 aliphatic heterocycles. The number of ether oxygens (including phenoxy) is 1. The fourth-order valence-corrected chi connectivity index (χ4v) is 4.08. The van der Waals surface area contributed by atoms with E-state index in [1.165, 1.54) is 16.8 Å². The molecular formula is C22H24N2OS. The standard InChI is InChI=1S/C22H24N2OS/c1-2-12-23-20(3-1)8-13-24-14-9-22(10-15-24)25-21-6-4-18(5-7-21)19-11-16-26-17-19/h1-7,11-12,16-17,22H,8-10,13-15H2. The zero-order chi connectivity index (χ0) is 17.6. The van der Waals surface area contributed by atoms with Crippen LogP contribution in [0.25, 0.3) is 11.1 Å². The fraction of sp³-hybridized carbons (Fsp3) is 0.318. The number of rotatable bonds is 6. The molecule has 0 N–H and O–H groups in total. The maximum absolute atomic E-state index is 6.20. The maximum Gasteiger partial charge on any atom is 0.119 e. The average Bonchev–Trinajstić information content (AvgIpc) is 3.24. The molecule has 134 valence electrons. The van der Waals surface area contributed by atoms with E-state index in [-0.39, 0.29) is 0 Å². The number of hydrogen-bond acceptors (Lipinski definition) is 4. The van der Waals surface area contributed by atoms with E-state index in [0.29, 0.717) is 6.10 Å². The molecule has 3 nitrogen and oxygen atoms in total. The van der Waals surface area contributed by atoms with Crippen molar-refractivity contribution in [1.29, 1.82) is 0 Å². The van der Waals surface area contributed by atoms with Crippen molar-refractivity contribution in [3.63, 3.8) is 0 Å². The number of nitrogens with zero attached hydrogens (tertiary/aromatic N) is 2. The lowest BCUT2D eigenvalue weighted by atomic mass is 10.1. The van der Waals surface area contributed by atoms with Crippen LogP contribution in [0.15, 0.2) is 65.5 Å². The molecule has 0 radical (unpaired) electrons. The molecule has 4 rings (SSSR count). The van der Waals surface area contributed by atoms with E-state index in [9.17, 15) is 0 Å². The van der Waals surface area contributed by atoms with E-state index >= 15 is 0 Å². The zero-order valence-electron chi connectivity index (χ0n) is 14.9. The molecule has 1 saturated heterocycles. The van der Waals surface area contributed by atoms with Crippen LogP contribution in [0.5, 0.6) is 5.75 Å². The van der Waals surface area contributed by atoms with Gasteiger partial charge in [-0.1, -0.05) is 18.2 Å². The van der Waals surface area contributed by atoms with Crippen LogP contribution in [-0.2, 0) is 6.42 Å². The topological polar surface area (TPSA) is 25.4 Å². The van der Waals surface area contributed by atoms with Crippen LogP contribution in [0.2, 0.25) is 0 Å². The Labute approximate surface area is 159 Å². The molecule has 0 bridgehead atoms. The molecule has 3 aromatic rings. The van der Waals surface area contributed by atoms with E-state index in [2.05, 4.69) is 63.1 Å². The summed E-state index contributed by atoms with van der Waals surface area (Å²) < 4.78 is 6.20. The molecule has 3 heterocycles. The van der Waals surface area contributed by atoms with Crippen LogP contribution >= 0.6 is 11.3 Å². The normalized spacial score (nSPS) is 15.8. The van der Waals surface area contributed by atoms with Gasteiger partial charge < -0.3 is 9.64 Å². The average molecular weight is 365 g/mol. The molecule has 0 amide bonds. The second-order valence-corrected chi connectivity index (χ2v) is 7.55. The van der Waals surface area contributed by atoms with Crippen LogP contribution in [-0.4, -0.2) is 35.6 Å². The summed E-state index contributed by atoms with van der Waals surface area (Å²) in [5.41, 5.74) is 3.71. The van der Waals surface area contributed by atoms with Crippen molar-refractivity contribution in [1.82, 2.24) is 9.88 Å². The SMILES string of the molecule is c1ccc(CCN2CCC(Oc3ccc(-c4ccsc4)cc3)CC2)nc1. The number of hydrogen-bond donors (Lipinski definition) is 0. The van der Waals surface area contributed by atoms with Crippen molar-refractivity contribution in [2.45, 2.75) is 25.4 Å². The second kappa shape index (κ2) is 8.47.